The van der Waals surface area contributed by atoms with Crippen LogP contribution in [-0.4, -0.2) is 14.3 Å². The van der Waals surface area contributed by atoms with Crippen LogP contribution in [0.25, 0.3) is 0 Å². The van der Waals surface area contributed by atoms with Gasteiger partial charge >= 0.3 is 0 Å². The molecule has 0 saturated carbocycles. The third kappa shape index (κ3) is 4.12. The van der Waals surface area contributed by atoms with Crippen LogP contribution < -0.4 is 4.72 Å². The van der Waals surface area contributed by atoms with Crippen LogP contribution in [0.15, 0.2) is 41.3 Å². The molecule has 1 amide bonds. The van der Waals surface area contributed by atoms with Gasteiger partial charge < -0.3 is 0 Å². The molecular weight excluding hydrogens is 643 g/mol. The minimum atomic E-state index is -3.89. The molecule has 0 unspecified atom stereocenters. The minimum Gasteiger partial charge on any atom is -0.268 e. The summed E-state index contributed by atoms with van der Waals surface area (Å²) in [5.74, 6) is -0.621. The molecule has 0 radical (unpaired) electrons. The molecule has 22 heavy (non-hydrogen) atoms. The fraction of sp³-hybridized carbons (Fsp3) is 0.0714. The Bertz CT molecular complexity index is 850. The summed E-state index contributed by atoms with van der Waals surface area (Å²) in [4.78, 5) is 12.5. The van der Waals surface area contributed by atoms with Crippen LogP contribution in [-0.2, 0) is 10.0 Å². The lowest BCUT2D eigenvalue weighted by atomic mass is 10.2. The lowest BCUT2D eigenvalue weighted by molar-refractivity contribution is 0.0980. The normalized spacial score (nSPS) is 11.3. The summed E-state index contributed by atoms with van der Waals surface area (Å²) in [6.07, 6.45) is 0. The topological polar surface area (TPSA) is 63.2 Å². The Morgan fingerprint density at radius 3 is 2.36 bits per heavy atom. The van der Waals surface area contributed by atoms with Gasteiger partial charge in [0.25, 0.3) is 15.9 Å². The molecule has 0 atom stereocenters. The molecule has 8 heteroatoms. The van der Waals surface area contributed by atoms with Crippen LogP contribution in [0.3, 0.4) is 0 Å². The third-order valence-corrected chi connectivity index (χ3v) is 8.01. The predicted octanol–water partition coefficient (Wildman–Crippen LogP) is 3.93. The highest BCUT2D eigenvalue weighted by molar-refractivity contribution is 14.1. The molecule has 1 N–H and O–H groups in total. The van der Waals surface area contributed by atoms with Gasteiger partial charge in [-0.15, -0.1) is 0 Å². The zero-order valence-corrected chi connectivity index (χ0v) is 18.5. The summed E-state index contributed by atoms with van der Waals surface area (Å²) < 4.78 is 29.4. The highest BCUT2D eigenvalue weighted by Crippen LogP contribution is 2.23. The molecule has 0 aliphatic carbocycles. The van der Waals surface area contributed by atoms with Crippen molar-refractivity contribution in [2.75, 3.05) is 0 Å². The highest BCUT2D eigenvalue weighted by atomic mass is 127. The van der Waals surface area contributed by atoms with E-state index in [0.29, 0.717) is 11.1 Å². The van der Waals surface area contributed by atoms with Crippen molar-refractivity contribution in [3.63, 3.8) is 0 Å². The molecule has 0 aromatic heterocycles. The van der Waals surface area contributed by atoms with Crippen molar-refractivity contribution in [2.45, 2.75) is 11.8 Å². The van der Waals surface area contributed by atoms with Crippen LogP contribution in [0, 0.1) is 17.6 Å². The van der Waals surface area contributed by atoms with Crippen molar-refractivity contribution in [3.8, 4) is 0 Å². The molecule has 0 bridgehead atoms. The van der Waals surface area contributed by atoms with E-state index in [4.69, 9.17) is 0 Å². The Balaban J connectivity index is 2.39. The van der Waals surface area contributed by atoms with E-state index in [2.05, 4.69) is 49.9 Å². The average Bonchev–Trinajstić information content (AvgIpc) is 2.42. The number of nitrogens with one attached hydrogen (secondary N) is 1. The van der Waals surface area contributed by atoms with Crippen molar-refractivity contribution < 1.29 is 13.2 Å². The van der Waals surface area contributed by atoms with Crippen LogP contribution in [0.2, 0.25) is 0 Å². The summed E-state index contributed by atoms with van der Waals surface area (Å²) >= 11 is 6.26. The number of amides is 1. The maximum atomic E-state index is 12.4. The van der Waals surface area contributed by atoms with Gasteiger partial charge in [-0.05, 0) is 98.5 Å². The van der Waals surface area contributed by atoms with Crippen molar-refractivity contribution in [3.05, 3.63) is 58.2 Å². The van der Waals surface area contributed by atoms with Crippen molar-refractivity contribution >= 4 is 83.7 Å². The molecule has 2 aromatic rings. The van der Waals surface area contributed by atoms with Gasteiger partial charge in [0.1, 0.15) is 0 Å². The van der Waals surface area contributed by atoms with Crippen LogP contribution in [0.5, 0.6) is 0 Å². The number of hydrogen-bond acceptors (Lipinski definition) is 3. The molecule has 2 rings (SSSR count). The highest BCUT2D eigenvalue weighted by Gasteiger charge is 2.22. The Kier molecular flexibility index (Phi) is 6.10. The summed E-state index contributed by atoms with van der Waals surface area (Å²) in [6, 6.07) is 10.2. The Labute approximate surface area is 169 Å². The molecule has 0 fully saturated rings. The fourth-order valence-electron chi connectivity index (χ4n) is 1.81. The zero-order chi connectivity index (χ0) is 16.5. The quantitative estimate of drug-likeness (QED) is 0.404. The fourth-order valence-corrected chi connectivity index (χ4v) is 5.43. The van der Waals surface area contributed by atoms with Crippen molar-refractivity contribution in [1.29, 1.82) is 0 Å². The summed E-state index contributed by atoms with van der Waals surface area (Å²) in [5.41, 5.74) is 0.948. The van der Waals surface area contributed by atoms with Crippen LogP contribution in [0.4, 0.5) is 0 Å². The van der Waals surface area contributed by atoms with E-state index in [0.717, 1.165) is 10.7 Å². The number of sulfonamides is 1. The Hall–Kier alpha value is 0.0500. The first-order chi connectivity index (χ1) is 10.2. The number of carbonyl (C=O) groups is 1. The van der Waals surface area contributed by atoms with Gasteiger partial charge in [-0.2, -0.15) is 0 Å². The molecule has 0 heterocycles. The average molecular weight is 653 g/mol. The first kappa shape index (κ1) is 18.4. The number of aryl methyl sites for hydroxylation is 1. The first-order valence-electron chi connectivity index (χ1n) is 5.99. The van der Waals surface area contributed by atoms with Gasteiger partial charge in [0, 0.05) is 10.7 Å². The largest absolute Gasteiger partial charge is 0.268 e. The Morgan fingerprint density at radius 2 is 1.73 bits per heavy atom. The standard InChI is InChI=1S/C14H10I3NO3S/c1-8-4-2-3-5-12(8)22(20,21)18-14(19)10-6-9(15)7-11(16)13(10)17/h2-7H,1H3,(H,18,19). The summed E-state index contributed by atoms with van der Waals surface area (Å²) in [7, 11) is -3.89. The second kappa shape index (κ2) is 7.30. The SMILES string of the molecule is Cc1ccccc1S(=O)(=O)NC(=O)c1cc(I)cc(I)c1I. The van der Waals surface area contributed by atoms with E-state index in [-0.39, 0.29) is 4.90 Å². The van der Waals surface area contributed by atoms with Gasteiger partial charge in [0.05, 0.1) is 10.5 Å². The van der Waals surface area contributed by atoms with E-state index in [1.165, 1.54) is 6.07 Å². The van der Waals surface area contributed by atoms with Gasteiger partial charge in [0.2, 0.25) is 0 Å². The van der Waals surface area contributed by atoms with Gasteiger partial charge in [-0.1, -0.05) is 18.2 Å². The number of hydrogen-bond donors (Lipinski definition) is 1. The lowest BCUT2D eigenvalue weighted by Crippen LogP contribution is -2.31. The second-order valence-electron chi connectivity index (χ2n) is 4.45. The van der Waals surface area contributed by atoms with E-state index in [1.807, 2.05) is 28.7 Å². The van der Waals surface area contributed by atoms with E-state index < -0.39 is 15.9 Å². The monoisotopic (exact) mass is 653 g/mol. The summed E-state index contributed by atoms with van der Waals surface area (Å²) in [5, 5.41) is 0. The number of carbonyl (C=O) groups excluding carboxylic acids is 1. The van der Waals surface area contributed by atoms with E-state index >= 15 is 0 Å². The predicted molar refractivity (Wildman–Crippen MR) is 110 cm³/mol. The van der Waals surface area contributed by atoms with Gasteiger partial charge in [-0.3, -0.25) is 4.79 Å². The first-order valence-corrected chi connectivity index (χ1v) is 10.7. The van der Waals surface area contributed by atoms with Crippen LogP contribution >= 0.6 is 67.8 Å². The van der Waals surface area contributed by atoms with Gasteiger partial charge in [0.15, 0.2) is 0 Å². The van der Waals surface area contributed by atoms with Crippen molar-refractivity contribution in [1.82, 2.24) is 4.72 Å². The smallest absolute Gasteiger partial charge is 0.266 e. The molecule has 2 aromatic carbocycles. The van der Waals surface area contributed by atoms with Crippen LogP contribution in [0.1, 0.15) is 15.9 Å². The van der Waals surface area contributed by atoms with E-state index in [1.54, 1.807) is 31.2 Å². The molecule has 0 spiro atoms. The number of rotatable bonds is 3. The molecular formula is C14H10I3NO3S. The maximum absolute atomic E-state index is 12.4. The Morgan fingerprint density at radius 1 is 1.09 bits per heavy atom. The van der Waals surface area contributed by atoms with Crippen molar-refractivity contribution in [2.24, 2.45) is 0 Å². The lowest BCUT2D eigenvalue weighted by Gasteiger charge is -2.11. The molecule has 0 aliphatic heterocycles. The third-order valence-electron chi connectivity index (χ3n) is 2.85. The molecule has 4 nitrogen and oxygen atoms in total. The second-order valence-corrected chi connectivity index (χ2v) is 9.59. The molecule has 0 saturated heterocycles. The minimum absolute atomic E-state index is 0.110. The summed E-state index contributed by atoms with van der Waals surface area (Å²) in [6.45, 7) is 1.69. The number of halogens is 3. The zero-order valence-electron chi connectivity index (χ0n) is 11.2. The van der Waals surface area contributed by atoms with E-state index in [9.17, 15) is 13.2 Å². The van der Waals surface area contributed by atoms with Gasteiger partial charge in [-0.25, -0.2) is 13.1 Å². The number of benzene rings is 2. The molecule has 116 valence electrons. The molecule has 0 aliphatic rings. The maximum Gasteiger partial charge on any atom is 0.266 e.